The van der Waals surface area contributed by atoms with E-state index in [9.17, 15) is 4.79 Å². The third-order valence-corrected chi connectivity index (χ3v) is 4.94. The zero-order valence-electron chi connectivity index (χ0n) is 13.2. The van der Waals surface area contributed by atoms with E-state index < -0.39 is 0 Å². The van der Waals surface area contributed by atoms with E-state index in [4.69, 9.17) is 0 Å². The van der Waals surface area contributed by atoms with Gasteiger partial charge in [-0.3, -0.25) is 4.79 Å². The lowest BCUT2D eigenvalue weighted by atomic mass is 9.95. The molecule has 22 heavy (non-hydrogen) atoms. The zero-order valence-corrected chi connectivity index (χ0v) is 13.2. The standard InChI is InChI=1S/C18H25N3O/c1-2-15(13-10-6-7-11-13)19-18(22)17-12-16(20-21-17)14-8-4-3-5-9-14/h3-5,8-9,13,15-16,20H,2,6-7,10-12H2,1H3,(H,19,22). The van der Waals surface area contributed by atoms with Crippen molar-refractivity contribution in [2.24, 2.45) is 11.0 Å². The number of hydrogen-bond donors (Lipinski definition) is 2. The van der Waals surface area contributed by atoms with E-state index in [0.29, 0.717) is 24.1 Å². The first-order valence-electron chi connectivity index (χ1n) is 8.46. The lowest BCUT2D eigenvalue weighted by molar-refractivity contribution is -0.115. The Kier molecular flexibility index (Phi) is 4.76. The van der Waals surface area contributed by atoms with Crippen LogP contribution in [-0.2, 0) is 4.79 Å². The number of nitrogens with zero attached hydrogens (tertiary/aromatic N) is 1. The topological polar surface area (TPSA) is 53.5 Å². The highest BCUT2D eigenvalue weighted by molar-refractivity contribution is 6.39. The van der Waals surface area contributed by atoms with Crippen LogP contribution in [0.5, 0.6) is 0 Å². The fourth-order valence-corrected chi connectivity index (χ4v) is 3.63. The Labute approximate surface area is 132 Å². The van der Waals surface area contributed by atoms with Crippen LogP contribution in [0.15, 0.2) is 35.4 Å². The van der Waals surface area contributed by atoms with Crippen LogP contribution in [0, 0.1) is 5.92 Å². The van der Waals surface area contributed by atoms with E-state index in [1.54, 1.807) is 0 Å². The van der Waals surface area contributed by atoms with E-state index in [-0.39, 0.29) is 11.9 Å². The van der Waals surface area contributed by atoms with Crippen molar-refractivity contribution in [1.82, 2.24) is 10.7 Å². The molecular formula is C18H25N3O. The molecule has 1 fully saturated rings. The second-order valence-electron chi connectivity index (χ2n) is 6.39. The van der Waals surface area contributed by atoms with Gasteiger partial charge in [0, 0.05) is 12.5 Å². The van der Waals surface area contributed by atoms with Crippen molar-refractivity contribution in [1.29, 1.82) is 0 Å². The van der Waals surface area contributed by atoms with E-state index in [1.807, 2.05) is 18.2 Å². The number of amides is 1. The summed E-state index contributed by atoms with van der Waals surface area (Å²) in [5.74, 6) is 0.651. The average molecular weight is 299 g/mol. The molecule has 3 rings (SSSR count). The minimum atomic E-state index is 0.00433. The van der Waals surface area contributed by atoms with Crippen molar-refractivity contribution >= 4 is 11.6 Å². The highest BCUT2D eigenvalue weighted by Crippen LogP contribution is 2.29. The summed E-state index contributed by atoms with van der Waals surface area (Å²) in [4.78, 5) is 12.5. The van der Waals surface area contributed by atoms with Gasteiger partial charge in [0.25, 0.3) is 5.91 Å². The number of nitrogens with one attached hydrogen (secondary N) is 2. The quantitative estimate of drug-likeness (QED) is 0.877. The van der Waals surface area contributed by atoms with Crippen LogP contribution in [0.4, 0.5) is 0 Å². The van der Waals surface area contributed by atoms with Crippen LogP contribution in [-0.4, -0.2) is 17.7 Å². The molecule has 0 saturated heterocycles. The van der Waals surface area contributed by atoms with Gasteiger partial charge in [-0.2, -0.15) is 5.10 Å². The lowest BCUT2D eigenvalue weighted by Crippen LogP contribution is -2.42. The van der Waals surface area contributed by atoms with E-state index in [0.717, 1.165) is 6.42 Å². The van der Waals surface area contributed by atoms with Gasteiger partial charge in [0.2, 0.25) is 0 Å². The zero-order chi connectivity index (χ0) is 15.4. The van der Waals surface area contributed by atoms with Gasteiger partial charge in [0.1, 0.15) is 5.71 Å². The maximum Gasteiger partial charge on any atom is 0.267 e. The van der Waals surface area contributed by atoms with Crippen LogP contribution in [0.2, 0.25) is 0 Å². The highest BCUT2D eigenvalue weighted by Gasteiger charge is 2.29. The fourth-order valence-electron chi connectivity index (χ4n) is 3.63. The third-order valence-electron chi connectivity index (χ3n) is 4.94. The summed E-state index contributed by atoms with van der Waals surface area (Å²) in [5, 5.41) is 7.47. The molecule has 1 aliphatic heterocycles. The molecule has 1 aliphatic carbocycles. The first kappa shape index (κ1) is 15.1. The Hall–Kier alpha value is -1.84. The van der Waals surface area contributed by atoms with Gasteiger partial charge >= 0.3 is 0 Å². The molecule has 2 atom stereocenters. The van der Waals surface area contributed by atoms with Gasteiger partial charge in [0.05, 0.1) is 6.04 Å². The Bertz CT molecular complexity index is 535. The molecule has 1 amide bonds. The van der Waals surface area contributed by atoms with Gasteiger partial charge in [-0.25, -0.2) is 0 Å². The van der Waals surface area contributed by atoms with Crippen molar-refractivity contribution < 1.29 is 4.79 Å². The predicted octanol–water partition coefficient (Wildman–Crippen LogP) is 3.16. The minimum Gasteiger partial charge on any atom is -0.348 e. The lowest BCUT2D eigenvalue weighted by Gasteiger charge is -2.23. The molecule has 2 aliphatic rings. The molecule has 4 nitrogen and oxygen atoms in total. The van der Waals surface area contributed by atoms with Crippen LogP contribution in [0.25, 0.3) is 0 Å². The van der Waals surface area contributed by atoms with Crippen molar-refractivity contribution in [2.75, 3.05) is 0 Å². The van der Waals surface area contributed by atoms with Gasteiger partial charge in [-0.05, 0) is 30.7 Å². The Morgan fingerprint density at radius 2 is 2.05 bits per heavy atom. The summed E-state index contributed by atoms with van der Waals surface area (Å²) < 4.78 is 0. The van der Waals surface area contributed by atoms with Gasteiger partial charge in [0.15, 0.2) is 0 Å². The molecule has 0 spiro atoms. The average Bonchev–Trinajstić information content (AvgIpc) is 3.24. The number of carbonyl (C=O) groups is 1. The molecule has 0 bridgehead atoms. The highest BCUT2D eigenvalue weighted by atomic mass is 16.2. The first-order valence-corrected chi connectivity index (χ1v) is 8.46. The molecule has 0 aromatic heterocycles. The number of carbonyl (C=O) groups excluding carboxylic acids is 1. The summed E-state index contributed by atoms with van der Waals surface area (Å²) in [6.07, 6.45) is 6.76. The van der Waals surface area contributed by atoms with Crippen LogP contribution < -0.4 is 10.7 Å². The number of benzene rings is 1. The second kappa shape index (κ2) is 6.95. The van der Waals surface area contributed by atoms with E-state index in [2.05, 4.69) is 34.9 Å². The molecule has 4 heteroatoms. The van der Waals surface area contributed by atoms with Crippen molar-refractivity contribution in [3.05, 3.63) is 35.9 Å². The molecule has 0 radical (unpaired) electrons. The molecule has 2 unspecified atom stereocenters. The first-order chi connectivity index (χ1) is 10.8. The molecule has 1 heterocycles. The second-order valence-corrected chi connectivity index (χ2v) is 6.39. The van der Waals surface area contributed by atoms with Crippen LogP contribution in [0.3, 0.4) is 0 Å². The normalized spacial score (nSPS) is 23.0. The van der Waals surface area contributed by atoms with Gasteiger partial charge in [-0.1, -0.05) is 50.1 Å². The maximum atomic E-state index is 12.5. The van der Waals surface area contributed by atoms with Crippen LogP contribution in [0.1, 0.15) is 57.1 Å². The number of rotatable bonds is 5. The van der Waals surface area contributed by atoms with Crippen molar-refractivity contribution in [3.8, 4) is 0 Å². The molecular weight excluding hydrogens is 274 g/mol. The minimum absolute atomic E-state index is 0.00433. The van der Waals surface area contributed by atoms with Gasteiger partial charge in [-0.15, -0.1) is 0 Å². The molecule has 1 aromatic rings. The Morgan fingerprint density at radius 3 is 2.73 bits per heavy atom. The Morgan fingerprint density at radius 1 is 1.32 bits per heavy atom. The van der Waals surface area contributed by atoms with E-state index >= 15 is 0 Å². The SMILES string of the molecule is CCC(NC(=O)C1=NNC(c2ccccc2)C1)C1CCCC1. The summed E-state index contributed by atoms with van der Waals surface area (Å²) in [7, 11) is 0. The largest absolute Gasteiger partial charge is 0.348 e. The van der Waals surface area contributed by atoms with Crippen molar-refractivity contribution in [3.63, 3.8) is 0 Å². The third kappa shape index (κ3) is 3.32. The summed E-state index contributed by atoms with van der Waals surface area (Å²) in [5.41, 5.74) is 4.90. The van der Waals surface area contributed by atoms with Crippen LogP contribution >= 0.6 is 0 Å². The molecule has 1 saturated carbocycles. The number of hydrazone groups is 1. The van der Waals surface area contributed by atoms with Gasteiger partial charge < -0.3 is 10.7 Å². The fraction of sp³-hybridized carbons (Fsp3) is 0.556. The number of hydrogen-bond acceptors (Lipinski definition) is 3. The van der Waals surface area contributed by atoms with Crippen molar-refractivity contribution in [2.45, 2.75) is 57.5 Å². The monoisotopic (exact) mass is 299 g/mol. The van der Waals surface area contributed by atoms with E-state index in [1.165, 1.54) is 31.2 Å². The molecule has 1 aromatic carbocycles. The Balaban J connectivity index is 1.57. The summed E-state index contributed by atoms with van der Waals surface area (Å²) in [6.45, 7) is 2.16. The summed E-state index contributed by atoms with van der Waals surface area (Å²) in [6, 6.07) is 10.6. The predicted molar refractivity (Wildman–Crippen MR) is 88.6 cm³/mol. The molecule has 118 valence electrons. The maximum absolute atomic E-state index is 12.5. The summed E-state index contributed by atoms with van der Waals surface area (Å²) >= 11 is 0. The smallest absolute Gasteiger partial charge is 0.267 e. The molecule has 2 N–H and O–H groups in total.